The summed E-state index contributed by atoms with van der Waals surface area (Å²) in [7, 11) is 2.02. The maximum Gasteiger partial charge on any atom is 0.227 e. The molecule has 1 aliphatic heterocycles. The summed E-state index contributed by atoms with van der Waals surface area (Å²) in [6.45, 7) is 4.05. The van der Waals surface area contributed by atoms with E-state index in [9.17, 15) is 4.79 Å². The summed E-state index contributed by atoms with van der Waals surface area (Å²) in [5.74, 6) is 0.214. The zero-order chi connectivity index (χ0) is 20.0. The van der Waals surface area contributed by atoms with Crippen molar-refractivity contribution in [3.05, 3.63) is 71.8 Å². The zero-order valence-electron chi connectivity index (χ0n) is 17.9. The van der Waals surface area contributed by atoms with E-state index in [0.29, 0.717) is 6.54 Å². The third kappa shape index (κ3) is 5.55. The van der Waals surface area contributed by atoms with E-state index in [-0.39, 0.29) is 48.1 Å². The van der Waals surface area contributed by atoms with E-state index in [2.05, 4.69) is 48.6 Å². The third-order valence-corrected chi connectivity index (χ3v) is 6.46. The summed E-state index contributed by atoms with van der Waals surface area (Å²) < 4.78 is 0. The van der Waals surface area contributed by atoms with Crippen molar-refractivity contribution in [3.63, 3.8) is 0 Å². The van der Waals surface area contributed by atoms with E-state index < -0.39 is 0 Å². The number of benzene rings is 2. The summed E-state index contributed by atoms with van der Waals surface area (Å²) in [5, 5.41) is 3.53. The molecule has 1 amide bonds. The van der Waals surface area contributed by atoms with Crippen LogP contribution in [0.3, 0.4) is 0 Å². The lowest BCUT2D eigenvalue weighted by molar-refractivity contribution is -0.137. The molecule has 166 valence electrons. The van der Waals surface area contributed by atoms with Gasteiger partial charge < -0.3 is 16.0 Å². The second-order valence-electron chi connectivity index (χ2n) is 7.79. The molecular formula is C24H35Cl2N3O. The summed E-state index contributed by atoms with van der Waals surface area (Å²) in [6.07, 6.45) is 2.74. The van der Waals surface area contributed by atoms with Crippen molar-refractivity contribution >= 4 is 30.7 Å². The fourth-order valence-electron chi connectivity index (χ4n) is 4.67. The molecule has 3 N–H and O–H groups in total. The van der Waals surface area contributed by atoms with Crippen molar-refractivity contribution in [3.8, 4) is 0 Å². The van der Waals surface area contributed by atoms with Gasteiger partial charge in [0.15, 0.2) is 0 Å². The van der Waals surface area contributed by atoms with Crippen LogP contribution in [0.2, 0.25) is 0 Å². The first-order chi connectivity index (χ1) is 13.6. The van der Waals surface area contributed by atoms with Gasteiger partial charge in [-0.2, -0.15) is 0 Å². The highest BCUT2D eigenvalue weighted by Crippen LogP contribution is 2.35. The molecule has 6 heteroatoms. The quantitative estimate of drug-likeness (QED) is 0.657. The average Bonchev–Trinajstić information content (AvgIpc) is 2.78. The molecule has 2 aromatic rings. The number of hydrogen-bond acceptors (Lipinski definition) is 3. The Morgan fingerprint density at radius 1 is 1.03 bits per heavy atom. The van der Waals surface area contributed by atoms with Gasteiger partial charge in [-0.1, -0.05) is 67.6 Å². The fraction of sp³-hybridized carbons (Fsp3) is 0.458. The smallest absolute Gasteiger partial charge is 0.227 e. The molecule has 3 rings (SSSR count). The highest BCUT2D eigenvalue weighted by atomic mass is 35.5. The molecule has 1 heterocycles. The van der Waals surface area contributed by atoms with Gasteiger partial charge >= 0.3 is 0 Å². The molecule has 0 saturated carbocycles. The first kappa shape index (κ1) is 26.4. The monoisotopic (exact) mass is 451 g/mol. The van der Waals surface area contributed by atoms with Crippen LogP contribution in [-0.2, 0) is 10.3 Å². The second-order valence-corrected chi connectivity index (χ2v) is 7.79. The van der Waals surface area contributed by atoms with E-state index in [1.54, 1.807) is 0 Å². The van der Waals surface area contributed by atoms with E-state index in [4.69, 9.17) is 5.73 Å². The van der Waals surface area contributed by atoms with Gasteiger partial charge in [-0.05, 0) is 43.4 Å². The Morgan fingerprint density at radius 2 is 1.57 bits per heavy atom. The van der Waals surface area contributed by atoms with Crippen LogP contribution in [0.4, 0.5) is 0 Å². The Kier molecular flexibility index (Phi) is 10.9. The largest absolute Gasteiger partial charge is 0.342 e. The van der Waals surface area contributed by atoms with Crippen LogP contribution in [0.5, 0.6) is 0 Å². The van der Waals surface area contributed by atoms with Crippen molar-refractivity contribution in [2.24, 2.45) is 11.7 Å². The van der Waals surface area contributed by atoms with Crippen molar-refractivity contribution in [1.82, 2.24) is 10.2 Å². The molecule has 4 nitrogen and oxygen atoms in total. The van der Waals surface area contributed by atoms with Crippen LogP contribution >= 0.6 is 24.8 Å². The highest BCUT2D eigenvalue weighted by Gasteiger charge is 2.38. The number of halogens is 2. The lowest BCUT2D eigenvalue weighted by Crippen LogP contribution is -2.53. The molecule has 0 aromatic heterocycles. The maximum atomic E-state index is 13.4. The first-order valence-electron chi connectivity index (χ1n) is 10.4. The average molecular weight is 452 g/mol. The molecule has 0 radical (unpaired) electrons. The van der Waals surface area contributed by atoms with Gasteiger partial charge in [0.2, 0.25) is 5.91 Å². The number of nitrogens with two attached hydrogens (primary N) is 1. The zero-order valence-corrected chi connectivity index (χ0v) is 19.6. The van der Waals surface area contributed by atoms with Crippen molar-refractivity contribution < 1.29 is 4.79 Å². The molecular weight excluding hydrogens is 417 g/mol. The predicted molar refractivity (Wildman–Crippen MR) is 130 cm³/mol. The summed E-state index contributed by atoms with van der Waals surface area (Å²) >= 11 is 0. The number of hydrogen-bond donors (Lipinski definition) is 2. The normalized spacial score (nSPS) is 17.2. The van der Waals surface area contributed by atoms with E-state index >= 15 is 0 Å². The third-order valence-electron chi connectivity index (χ3n) is 6.46. The number of likely N-dealkylation sites (tertiary alicyclic amines) is 1. The Morgan fingerprint density at radius 3 is 2.03 bits per heavy atom. The number of carbonyl (C=O) groups excluding carboxylic acids is 1. The molecule has 1 aliphatic rings. The van der Waals surface area contributed by atoms with Crippen molar-refractivity contribution in [2.75, 3.05) is 26.7 Å². The van der Waals surface area contributed by atoms with Crippen LogP contribution in [0, 0.1) is 5.92 Å². The molecule has 1 saturated heterocycles. The number of carbonyl (C=O) groups is 1. The van der Waals surface area contributed by atoms with Gasteiger partial charge in [0.05, 0.1) is 5.92 Å². The minimum Gasteiger partial charge on any atom is -0.342 e. The first-order valence-corrected chi connectivity index (χ1v) is 10.4. The molecule has 0 spiro atoms. The molecule has 30 heavy (non-hydrogen) atoms. The Labute approximate surface area is 193 Å². The summed E-state index contributed by atoms with van der Waals surface area (Å²) in [5.41, 5.74) is 8.56. The number of nitrogens with zero attached hydrogens (tertiary/aromatic N) is 1. The lowest BCUT2D eigenvalue weighted by atomic mass is 9.79. The lowest BCUT2D eigenvalue weighted by Gasteiger charge is -2.43. The van der Waals surface area contributed by atoms with E-state index in [1.165, 1.54) is 11.1 Å². The van der Waals surface area contributed by atoms with Gasteiger partial charge in [-0.3, -0.25) is 4.79 Å². The van der Waals surface area contributed by atoms with Crippen LogP contribution < -0.4 is 11.1 Å². The molecule has 1 fully saturated rings. The summed E-state index contributed by atoms with van der Waals surface area (Å²) in [4.78, 5) is 15.4. The Balaban J connectivity index is 0.00000225. The van der Waals surface area contributed by atoms with Crippen LogP contribution in [0.1, 0.15) is 43.2 Å². The highest BCUT2D eigenvalue weighted by molar-refractivity contribution is 5.85. The minimum atomic E-state index is -0.161. The number of piperidine rings is 1. The minimum absolute atomic E-state index is 0. The number of rotatable bonds is 7. The predicted octanol–water partition coefficient (Wildman–Crippen LogP) is 4.34. The van der Waals surface area contributed by atoms with Gasteiger partial charge in [-0.15, -0.1) is 24.8 Å². The van der Waals surface area contributed by atoms with Gasteiger partial charge in [0.1, 0.15) is 0 Å². The van der Waals surface area contributed by atoms with E-state index in [0.717, 1.165) is 32.4 Å². The summed E-state index contributed by atoms with van der Waals surface area (Å²) in [6, 6.07) is 20.9. The topological polar surface area (TPSA) is 58.4 Å². The maximum absolute atomic E-state index is 13.4. The van der Waals surface area contributed by atoms with Crippen LogP contribution in [0.25, 0.3) is 0 Å². The Bertz CT molecular complexity index is 750. The second kappa shape index (κ2) is 12.3. The Hall–Kier alpha value is -1.59. The molecule has 0 bridgehead atoms. The molecule has 2 atom stereocenters. The number of nitrogens with one attached hydrogen (secondary N) is 1. The SMILES string of the molecule is CCC(c1ccccc1)C(CN)C(=O)N1CCC(NC)(c2ccccc2)CC1.Cl.Cl. The van der Waals surface area contributed by atoms with Crippen molar-refractivity contribution in [2.45, 2.75) is 37.6 Å². The van der Waals surface area contributed by atoms with Crippen LogP contribution in [0.15, 0.2) is 60.7 Å². The van der Waals surface area contributed by atoms with Gasteiger partial charge in [0.25, 0.3) is 0 Å². The van der Waals surface area contributed by atoms with E-state index in [1.807, 2.05) is 36.2 Å². The molecule has 0 aliphatic carbocycles. The number of amides is 1. The molecule has 2 unspecified atom stereocenters. The fourth-order valence-corrected chi connectivity index (χ4v) is 4.67. The molecule has 2 aromatic carbocycles. The van der Waals surface area contributed by atoms with Gasteiger partial charge in [-0.25, -0.2) is 0 Å². The van der Waals surface area contributed by atoms with Crippen LogP contribution in [-0.4, -0.2) is 37.5 Å². The standard InChI is InChI=1S/C24H33N3O.2ClH/c1-3-21(19-10-6-4-7-11-19)22(18-25)23(28)27-16-14-24(26-2,15-17-27)20-12-8-5-9-13-20;;/h4-13,21-22,26H,3,14-18,25H2,1-2H3;2*1H. The van der Waals surface area contributed by atoms with Crippen molar-refractivity contribution in [1.29, 1.82) is 0 Å². The van der Waals surface area contributed by atoms with Gasteiger partial charge in [0, 0.05) is 25.2 Å².